The first-order valence-electron chi connectivity index (χ1n) is 18.6. The van der Waals surface area contributed by atoms with E-state index >= 15 is 0 Å². The first-order valence-corrected chi connectivity index (χ1v) is 18.6. The van der Waals surface area contributed by atoms with Gasteiger partial charge in [-0.05, 0) is 68.4 Å². The van der Waals surface area contributed by atoms with Gasteiger partial charge >= 0.3 is 0 Å². The zero-order valence-electron chi connectivity index (χ0n) is 29.8. The fourth-order valence-electron chi connectivity index (χ4n) is 8.23. The molecular weight excluding hydrogens is 669 g/mol. The summed E-state index contributed by atoms with van der Waals surface area (Å²) < 4.78 is 2.46. The van der Waals surface area contributed by atoms with Gasteiger partial charge in [0.25, 0.3) is 0 Å². The summed E-state index contributed by atoms with van der Waals surface area (Å²) in [7, 11) is 0. The quantitative estimate of drug-likeness (QED) is 0.168. The lowest BCUT2D eigenvalue weighted by Gasteiger charge is -2.14. The number of hydrogen-bond acceptors (Lipinski definition) is 3. The minimum atomic E-state index is 0.645. The second-order valence-electron chi connectivity index (χ2n) is 14.0. The molecule has 2 aromatic heterocycles. The highest BCUT2D eigenvalue weighted by Crippen LogP contribution is 2.41. The van der Waals surface area contributed by atoms with Crippen molar-refractivity contribution in [1.82, 2.24) is 19.5 Å². The van der Waals surface area contributed by atoms with Crippen LogP contribution < -0.4 is 0 Å². The molecule has 0 spiro atoms. The number of nitrogens with zero attached hydrogens (tertiary/aromatic N) is 4. The first-order chi connectivity index (χ1) is 27.3. The van der Waals surface area contributed by atoms with Crippen LogP contribution in [0.15, 0.2) is 194 Å². The average Bonchev–Trinajstić information content (AvgIpc) is 3.61. The summed E-state index contributed by atoms with van der Waals surface area (Å²) in [5.74, 6) is 1.95. The SMILES string of the molecule is c1ccc(-c2nc(-c3ccccc3)nc(-c3cccc(-c4ccc5c(ccc6c5c5ccccc5n6-c5cc6ccccc6c6ccccc56)c4)c3)n2)cc1. The molecule has 9 aromatic carbocycles. The lowest BCUT2D eigenvalue weighted by Crippen LogP contribution is -2.00. The van der Waals surface area contributed by atoms with Crippen molar-refractivity contribution < 1.29 is 0 Å². The molecule has 0 aliphatic rings. The van der Waals surface area contributed by atoms with E-state index < -0.39 is 0 Å². The Kier molecular flexibility index (Phi) is 7.14. The molecule has 0 aliphatic carbocycles. The zero-order valence-corrected chi connectivity index (χ0v) is 29.8. The van der Waals surface area contributed by atoms with E-state index in [0.717, 1.165) is 27.8 Å². The van der Waals surface area contributed by atoms with E-state index in [1.165, 1.54) is 59.8 Å². The van der Waals surface area contributed by atoms with Crippen molar-refractivity contribution in [3.05, 3.63) is 194 Å². The van der Waals surface area contributed by atoms with E-state index in [0.29, 0.717) is 17.5 Å². The molecule has 11 aromatic rings. The van der Waals surface area contributed by atoms with E-state index in [4.69, 9.17) is 15.0 Å². The molecule has 0 aliphatic heterocycles. The predicted molar refractivity (Wildman–Crippen MR) is 228 cm³/mol. The molecule has 0 unspecified atom stereocenters. The summed E-state index contributed by atoms with van der Waals surface area (Å²) in [6.45, 7) is 0. The minimum Gasteiger partial charge on any atom is -0.309 e. The highest BCUT2D eigenvalue weighted by Gasteiger charge is 2.18. The lowest BCUT2D eigenvalue weighted by molar-refractivity contribution is 1.07. The van der Waals surface area contributed by atoms with Crippen molar-refractivity contribution in [2.45, 2.75) is 0 Å². The van der Waals surface area contributed by atoms with E-state index in [9.17, 15) is 0 Å². The van der Waals surface area contributed by atoms with E-state index in [-0.39, 0.29) is 0 Å². The Hall–Kier alpha value is -7.43. The van der Waals surface area contributed by atoms with Crippen LogP contribution in [-0.2, 0) is 0 Å². The van der Waals surface area contributed by atoms with Crippen LogP contribution >= 0.6 is 0 Å². The summed E-state index contributed by atoms with van der Waals surface area (Å²) in [6.07, 6.45) is 0. The smallest absolute Gasteiger partial charge is 0.164 e. The molecule has 0 atom stereocenters. The van der Waals surface area contributed by atoms with Gasteiger partial charge in [0.15, 0.2) is 17.5 Å². The molecule has 0 saturated carbocycles. The molecular formula is C51H32N4. The zero-order chi connectivity index (χ0) is 36.3. The van der Waals surface area contributed by atoms with Crippen LogP contribution in [0.3, 0.4) is 0 Å². The van der Waals surface area contributed by atoms with Gasteiger partial charge in [-0.2, -0.15) is 0 Å². The number of rotatable bonds is 5. The standard InChI is InChI=1S/C51H32N4/c1-3-14-33(15-4-1)49-52-50(34-16-5-2-6-17-34)54-51(53-49)39-20-13-19-35(31-39)36-26-28-41-38(30-36)27-29-46-48(41)44-24-11-12-25-45(44)55(46)47-32-37-18-7-8-21-40(37)42-22-9-10-23-43(42)47/h1-32H. The molecule has 0 amide bonds. The summed E-state index contributed by atoms with van der Waals surface area (Å²) >= 11 is 0. The Morgan fingerprint density at radius 2 is 0.836 bits per heavy atom. The fraction of sp³-hybridized carbons (Fsp3) is 0. The molecule has 4 heteroatoms. The maximum absolute atomic E-state index is 4.99. The van der Waals surface area contributed by atoms with Crippen LogP contribution in [0.25, 0.3) is 105 Å². The van der Waals surface area contributed by atoms with Crippen LogP contribution in [0.4, 0.5) is 0 Å². The van der Waals surface area contributed by atoms with Gasteiger partial charge < -0.3 is 4.57 Å². The Labute approximate surface area is 317 Å². The van der Waals surface area contributed by atoms with Crippen LogP contribution in [0.5, 0.6) is 0 Å². The number of para-hydroxylation sites is 1. The molecule has 0 bridgehead atoms. The van der Waals surface area contributed by atoms with Crippen molar-refractivity contribution >= 4 is 54.1 Å². The van der Waals surface area contributed by atoms with Gasteiger partial charge in [0.05, 0.1) is 16.7 Å². The second kappa shape index (κ2) is 12.6. The number of aromatic nitrogens is 4. The third kappa shape index (κ3) is 5.19. The molecule has 0 fully saturated rings. The van der Waals surface area contributed by atoms with Crippen molar-refractivity contribution in [2.24, 2.45) is 0 Å². The van der Waals surface area contributed by atoms with Crippen molar-refractivity contribution in [2.75, 3.05) is 0 Å². The normalized spacial score (nSPS) is 11.6. The first kappa shape index (κ1) is 31.1. The second-order valence-corrected chi connectivity index (χ2v) is 14.0. The monoisotopic (exact) mass is 700 g/mol. The molecule has 11 rings (SSSR count). The Morgan fingerprint density at radius 1 is 0.291 bits per heavy atom. The van der Waals surface area contributed by atoms with Gasteiger partial charge in [-0.3, -0.25) is 0 Å². The highest BCUT2D eigenvalue weighted by molar-refractivity contribution is 6.23. The summed E-state index contributed by atoms with van der Waals surface area (Å²) in [6, 6.07) is 68.8. The molecule has 0 radical (unpaired) electrons. The average molecular weight is 701 g/mol. The van der Waals surface area contributed by atoms with Crippen molar-refractivity contribution in [3.8, 4) is 51.0 Å². The van der Waals surface area contributed by atoms with Crippen molar-refractivity contribution in [3.63, 3.8) is 0 Å². The Morgan fingerprint density at radius 3 is 1.58 bits per heavy atom. The molecule has 0 saturated heterocycles. The number of benzene rings is 9. The fourth-order valence-corrected chi connectivity index (χ4v) is 8.23. The number of hydrogen-bond donors (Lipinski definition) is 0. The van der Waals surface area contributed by atoms with Gasteiger partial charge in [0, 0.05) is 32.8 Å². The summed E-state index contributed by atoms with van der Waals surface area (Å²) in [5.41, 5.74) is 8.68. The molecule has 4 nitrogen and oxygen atoms in total. The van der Waals surface area contributed by atoms with E-state index in [1.807, 2.05) is 60.7 Å². The molecule has 256 valence electrons. The summed E-state index contributed by atoms with van der Waals surface area (Å²) in [4.78, 5) is 14.9. The minimum absolute atomic E-state index is 0.645. The van der Waals surface area contributed by atoms with Gasteiger partial charge in [-0.1, -0.05) is 164 Å². The lowest BCUT2D eigenvalue weighted by atomic mass is 9.97. The van der Waals surface area contributed by atoms with Crippen LogP contribution in [0.1, 0.15) is 0 Å². The summed E-state index contributed by atoms with van der Waals surface area (Å²) in [5, 5.41) is 9.94. The molecule has 55 heavy (non-hydrogen) atoms. The Bertz CT molecular complexity index is 3200. The topological polar surface area (TPSA) is 43.6 Å². The predicted octanol–water partition coefficient (Wildman–Crippen LogP) is 13.1. The molecule has 2 heterocycles. The van der Waals surface area contributed by atoms with Crippen LogP contribution in [0.2, 0.25) is 0 Å². The largest absolute Gasteiger partial charge is 0.309 e. The van der Waals surface area contributed by atoms with Crippen LogP contribution in [0, 0.1) is 0 Å². The van der Waals surface area contributed by atoms with Gasteiger partial charge in [-0.25, -0.2) is 15.0 Å². The van der Waals surface area contributed by atoms with E-state index in [2.05, 4.69) is 138 Å². The Balaban J connectivity index is 1.06. The van der Waals surface area contributed by atoms with Crippen molar-refractivity contribution in [1.29, 1.82) is 0 Å². The van der Waals surface area contributed by atoms with Gasteiger partial charge in [0.1, 0.15) is 0 Å². The third-order valence-corrected chi connectivity index (χ3v) is 10.8. The van der Waals surface area contributed by atoms with Crippen LogP contribution in [-0.4, -0.2) is 19.5 Å². The highest BCUT2D eigenvalue weighted by atomic mass is 15.0. The van der Waals surface area contributed by atoms with E-state index in [1.54, 1.807) is 0 Å². The maximum atomic E-state index is 4.99. The molecule has 0 N–H and O–H groups in total. The van der Waals surface area contributed by atoms with Gasteiger partial charge in [-0.15, -0.1) is 0 Å². The third-order valence-electron chi connectivity index (χ3n) is 10.8. The van der Waals surface area contributed by atoms with Gasteiger partial charge in [0.2, 0.25) is 0 Å². The number of fused-ring (bicyclic) bond motifs is 8. The maximum Gasteiger partial charge on any atom is 0.164 e.